The number of halogens is 1. The summed E-state index contributed by atoms with van der Waals surface area (Å²) in [4.78, 5) is 14.1. The third-order valence-electron chi connectivity index (χ3n) is 3.49. The van der Waals surface area contributed by atoms with Gasteiger partial charge in [-0.05, 0) is 57.2 Å². The van der Waals surface area contributed by atoms with E-state index in [0.29, 0.717) is 18.2 Å². The van der Waals surface area contributed by atoms with Crippen LogP contribution in [0.1, 0.15) is 23.2 Å². The standard InChI is InChI=1S/C14H19FN2O/c1-17(13-6-8-16-9-7-13)10-14(18)11-2-4-12(15)5-3-11/h2-5,13,16H,6-10H2,1H3. The first kappa shape index (κ1) is 13.2. The van der Waals surface area contributed by atoms with Gasteiger partial charge in [0, 0.05) is 11.6 Å². The molecule has 4 heteroatoms. The topological polar surface area (TPSA) is 32.3 Å². The summed E-state index contributed by atoms with van der Waals surface area (Å²) < 4.78 is 12.8. The molecule has 0 bridgehead atoms. The number of nitrogens with zero attached hydrogens (tertiary/aromatic N) is 1. The number of hydrogen-bond acceptors (Lipinski definition) is 3. The summed E-state index contributed by atoms with van der Waals surface area (Å²) in [6.07, 6.45) is 2.15. The second-order valence-corrected chi connectivity index (χ2v) is 4.83. The van der Waals surface area contributed by atoms with Crippen molar-refractivity contribution in [3.63, 3.8) is 0 Å². The highest BCUT2D eigenvalue weighted by atomic mass is 19.1. The van der Waals surface area contributed by atoms with E-state index in [0.717, 1.165) is 25.9 Å². The average molecular weight is 250 g/mol. The molecule has 0 aromatic heterocycles. The molecule has 2 rings (SSSR count). The van der Waals surface area contributed by atoms with Gasteiger partial charge in [-0.25, -0.2) is 4.39 Å². The lowest BCUT2D eigenvalue weighted by molar-refractivity contribution is 0.0903. The van der Waals surface area contributed by atoms with E-state index in [1.807, 2.05) is 7.05 Å². The Balaban J connectivity index is 1.91. The van der Waals surface area contributed by atoms with Gasteiger partial charge in [-0.1, -0.05) is 0 Å². The Bertz CT molecular complexity index is 399. The Morgan fingerprint density at radius 1 is 1.33 bits per heavy atom. The van der Waals surface area contributed by atoms with Crippen LogP contribution in [-0.4, -0.2) is 43.4 Å². The van der Waals surface area contributed by atoms with Crippen LogP contribution in [0.15, 0.2) is 24.3 Å². The lowest BCUT2D eigenvalue weighted by atomic mass is 10.0. The van der Waals surface area contributed by atoms with Gasteiger partial charge >= 0.3 is 0 Å². The fourth-order valence-electron chi connectivity index (χ4n) is 2.33. The fraction of sp³-hybridized carbons (Fsp3) is 0.500. The number of carbonyl (C=O) groups is 1. The van der Waals surface area contributed by atoms with Gasteiger partial charge in [0.1, 0.15) is 5.82 Å². The maximum atomic E-state index is 12.8. The van der Waals surface area contributed by atoms with Crippen LogP contribution in [0.4, 0.5) is 4.39 Å². The molecular weight excluding hydrogens is 231 g/mol. The van der Waals surface area contributed by atoms with Crippen LogP contribution in [0.3, 0.4) is 0 Å². The Hall–Kier alpha value is -1.26. The van der Waals surface area contributed by atoms with E-state index >= 15 is 0 Å². The van der Waals surface area contributed by atoms with Crippen molar-refractivity contribution in [3.8, 4) is 0 Å². The number of nitrogens with one attached hydrogen (secondary N) is 1. The first-order valence-electron chi connectivity index (χ1n) is 6.36. The molecule has 0 spiro atoms. The number of carbonyl (C=O) groups excluding carboxylic acids is 1. The maximum absolute atomic E-state index is 12.8. The second-order valence-electron chi connectivity index (χ2n) is 4.83. The van der Waals surface area contributed by atoms with Gasteiger partial charge in [-0.3, -0.25) is 9.69 Å². The first-order chi connectivity index (χ1) is 8.66. The van der Waals surface area contributed by atoms with Crippen LogP contribution in [0, 0.1) is 5.82 Å². The molecule has 1 fully saturated rings. The first-order valence-corrected chi connectivity index (χ1v) is 6.36. The van der Waals surface area contributed by atoms with E-state index in [9.17, 15) is 9.18 Å². The zero-order valence-corrected chi connectivity index (χ0v) is 10.7. The number of ketones is 1. The summed E-state index contributed by atoms with van der Waals surface area (Å²) in [5, 5.41) is 3.31. The van der Waals surface area contributed by atoms with E-state index in [1.165, 1.54) is 12.1 Å². The molecule has 0 radical (unpaired) electrons. The van der Waals surface area contributed by atoms with E-state index in [-0.39, 0.29) is 11.6 Å². The van der Waals surface area contributed by atoms with Crippen LogP contribution < -0.4 is 5.32 Å². The molecule has 0 aliphatic carbocycles. The fourth-order valence-corrected chi connectivity index (χ4v) is 2.33. The smallest absolute Gasteiger partial charge is 0.176 e. The molecule has 1 aromatic rings. The summed E-state index contributed by atoms with van der Waals surface area (Å²) in [5.74, 6) is -0.255. The highest BCUT2D eigenvalue weighted by Crippen LogP contribution is 2.11. The van der Waals surface area contributed by atoms with Gasteiger partial charge in [0.2, 0.25) is 0 Å². The lowest BCUT2D eigenvalue weighted by Crippen LogP contribution is -2.43. The molecule has 1 N–H and O–H groups in total. The number of hydrogen-bond donors (Lipinski definition) is 1. The number of benzene rings is 1. The number of rotatable bonds is 4. The molecule has 18 heavy (non-hydrogen) atoms. The SMILES string of the molecule is CN(CC(=O)c1ccc(F)cc1)C1CCNCC1. The monoisotopic (exact) mass is 250 g/mol. The molecule has 1 aliphatic rings. The molecule has 1 heterocycles. The minimum absolute atomic E-state index is 0.0519. The molecule has 0 unspecified atom stereocenters. The molecule has 1 saturated heterocycles. The highest BCUT2D eigenvalue weighted by molar-refractivity contribution is 5.97. The Kier molecular flexibility index (Phi) is 4.44. The number of Topliss-reactive ketones (excluding diaryl/α,β-unsaturated/α-hetero) is 1. The van der Waals surface area contributed by atoms with Crippen molar-refractivity contribution < 1.29 is 9.18 Å². The molecule has 0 saturated carbocycles. The van der Waals surface area contributed by atoms with Crippen molar-refractivity contribution in [2.24, 2.45) is 0 Å². The van der Waals surface area contributed by atoms with Crippen molar-refractivity contribution >= 4 is 5.78 Å². The van der Waals surface area contributed by atoms with Crippen LogP contribution in [0.2, 0.25) is 0 Å². The minimum Gasteiger partial charge on any atom is -0.317 e. The predicted octanol–water partition coefficient (Wildman–Crippen LogP) is 1.69. The Morgan fingerprint density at radius 2 is 1.94 bits per heavy atom. The molecule has 0 atom stereocenters. The largest absolute Gasteiger partial charge is 0.317 e. The van der Waals surface area contributed by atoms with Gasteiger partial charge in [-0.15, -0.1) is 0 Å². The zero-order valence-electron chi connectivity index (χ0n) is 10.7. The number of piperidine rings is 1. The van der Waals surface area contributed by atoms with Crippen LogP contribution in [0.5, 0.6) is 0 Å². The van der Waals surface area contributed by atoms with Crippen LogP contribution in [-0.2, 0) is 0 Å². The van der Waals surface area contributed by atoms with E-state index in [4.69, 9.17) is 0 Å². The van der Waals surface area contributed by atoms with Crippen molar-refractivity contribution in [1.82, 2.24) is 10.2 Å². The van der Waals surface area contributed by atoms with E-state index in [1.54, 1.807) is 12.1 Å². The summed E-state index contributed by atoms with van der Waals surface area (Å²) in [5.41, 5.74) is 0.581. The third-order valence-corrected chi connectivity index (χ3v) is 3.49. The van der Waals surface area contributed by atoms with Crippen molar-refractivity contribution in [2.75, 3.05) is 26.7 Å². The van der Waals surface area contributed by atoms with Crippen molar-refractivity contribution in [3.05, 3.63) is 35.6 Å². The van der Waals surface area contributed by atoms with Gasteiger partial charge in [0.05, 0.1) is 6.54 Å². The van der Waals surface area contributed by atoms with Gasteiger partial charge < -0.3 is 5.32 Å². The van der Waals surface area contributed by atoms with Gasteiger partial charge in [0.25, 0.3) is 0 Å². The summed E-state index contributed by atoms with van der Waals surface area (Å²) in [6, 6.07) is 6.23. The Morgan fingerprint density at radius 3 is 2.56 bits per heavy atom. The van der Waals surface area contributed by atoms with Gasteiger partial charge in [0.15, 0.2) is 5.78 Å². The normalized spacial score (nSPS) is 17.1. The predicted molar refractivity (Wildman–Crippen MR) is 69.3 cm³/mol. The molecule has 1 aromatic carbocycles. The second kappa shape index (κ2) is 6.07. The molecule has 98 valence electrons. The molecule has 0 amide bonds. The highest BCUT2D eigenvalue weighted by Gasteiger charge is 2.20. The van der Waals surface area contributed by atoms with Crippen LogP contribution in [0.25, 0.3) is 0 Å². The van der Waals surface area contributed by atoms with Crippen molar-refractivity contribution in [2.45, 2.75) is 18.9 Å². The quantitative estimate of drug-likeness (QED) is 0.825. The summed E-state index contributed by atoms with van der Waals surface area (Å²) in [7, 11) is 1.98. The summed E-state index contributed by atoms with van der Waals surface area (Å²) in [6.45, 7) is 2.43. The Labute approximate surface area is 107 Å². The summed E-state index contributed by atoms with van der Waals surface area (Å²) >= 11 is 0. The van der Waals surface area contributed by atoms with Gasteiger partial charge in [-0.2, -0.15) is 0 Å². The third kappa shape index (κ3) is 3.37. The van der Waals surface area contributed by atoms with Crippen LogP contribution >= 0.6 is 0 Å². The van der Waals surface area contributed by atoms with E-state index < -0.39 is 0 Å². The maximum Gasteiger partial charge on any atom is 0.176 e. The lowest BCUT2D eigenvalue weighted by Gasteiger charge is -2.31. The average Bonchev–Trinajstić information content (AvgIpc) is 2.40. The molecule has 1 aliphatic heterocycles. The van der Waals surface area contributed by atoms with E-state index in [2.05, 4.69) is 10.2 Å². The minimum atomic E-state index is -0.307. The van der Waals surface area contributed by atoms with Crippen molar-refractivity contribution in [1.29, 1.82) is 0 Å². The zero-order chi connectivity index (χ0) is 13.0. The molecule has 3 nitrogen and oxygen atoms in total. The number of likely N-dealkylation sites (N-methyl/N-ethyl adjacent to an activating group) is 1. The molecular formula is C14H19FN2O.